The number of ether oxygens (including phenoxy) is 2. The van der Waals surface area contributed by atoms with Crippen LogP contribution in [0, 0.1) is 0 Å². The molecular formula is C27H50O3. The lowest BCUT2D eigenvalue weighted by atomic mass is 10.0. The van der Waals surface area contributed by atoms with Crippen LogP contribution in [-0.2, 0) is 14.3 Å². The van der Waals surface area contributed by atoms with Gasteiger partial charge in [0.25, 0.3) is 0 Å². The summed E-state index contributed by atoms with van der Waals surface area (Å²) in [5.74, 6) is -0.342. The highest BCUT2D eigenvalue weighted by Gasteiger charge is 2.07. The Balaban J connectivity index is 3.18. The first-order chi connectivity index (χ1) is 14.7. The summed E-state index contributed by atoms with van der Waals surface area (Å²) in [5, 5.41) is 0. The Hall–Kier alpha value is -1.09. The Morgan fingerprint density at radius 3 is 1.50 bits per heavy atom. The van der Waals surface area contributed by atoms with Gasteiger partial charge in [-0.3, -0.25) is 0 Å². The molecule has 176 valence electrons. The van der Waals surface area contributed by atoms with E-state index in [0.717, 1.165) is 12.8 Å². The van der Waals surface area contributed by atoms with Crippen LogP contribution in [0.5, 0.6) is 0 Å². The van der Waals surface area contributed by atoms with Crippen LogP contribution in [0.3, 0.4) is 0 Å². The quantitative estimate of drug-likeness (QED) is 0.0678. The molecule has 3 heteroatoms. The van der Waals surface area contributed by atoms with E-state index in [1.165, 1.54) is 103 Å². The monoisotopic (exact) mass is 422 g/mol. The minimum atomic E-state index is -0.342. The summed E-state index contributed by atoms with van der Waals surface area (Å²) in [5.41, 5.74) is 0.374. The number of hydrogen-bond donors (Lipinski definition) is 0. The molecule has 3 nitrogen and oxygen atoms in total. The normalized spacial score (nSPS) is 10.8. The predicted octanol–water partition coefficient (Wildman–Crippen LogP) is 8.33. The number of carbonyl (C=O) groups excluding carboxylic acids is 1. The SMILES string of the molecule is C=CCOCC(=C)C(=O)OCCCCCCCCCCCCCCCCCCCC. The van der Waals surface area contributed by atoms with E-state index in [0.29, 0.717) is 18.8 Å². The van der Waals surface area contributed by atoms with Gasteiger partial charge < -0.3 is 9.47 Å². The van der Waals surface area contributed by atoms with Crippen molar-refractivity contribution < 1.29 is 14.3 Å². The van der Waals surface area contributed by atoms with Crippen molar-refractivity contribution in [2.24, 2.45) is 0 Å². The summed E-state index contributed by atoms with van der Waals surface area (Å²) in [6.07, 6.45) is 26.0. The van der Waals surface area contributed by atoms with Crippen LogP contribution in [-0.4, -0.2) is 25.8 Å². The molecule has 0 aromatic carbocycles. The van der Waals surface area contributed by atoms with E-state index in [9.17, 15) is 4.79 Å². The van der Waals surface area contributed by atoms with Crippen molar-refractivity contribution >= 4 is 5.97 Å². The van der Waals surface area contributed by atoms with Crippen molar-refractivity contribution in [1.29, 1.82) is 0 Å². The molecule has 0 bridgehead atoms. The molecule has 0 amide bonds. The van der Waals surface area contributed by atoms with Crippen molar-refractivity contribution in [2.75, 3.05) is 19.8 Å². The maximum absolute atomic E-state index is 11.7. The average molecular weight is 423 g/mol. The Bertz CT molecular complexity index is 403. The second kappa shape index (κ2) is 24.2. The number of hydrogen-bond acceptors (Lipinski definition) is 3. The Morgan fingerprint density at radius 2 is 1.10 bits per heavy atom. The van der Waals surface area contributed by atoms with Gasteiger partial charge in [0.1, 0.15) is 0 Å². The van der Waals surface area contributed by atoms with Gasteiger partial charge in [-0.25, -0.2) is 4.79 Å². The predicted molar refractivity (Wildman–Crippen MR) is 130 cm³/mol. The molecule has 0 aromatic heterocycles. The summed E-state index contributed by atoms with van der Waals surface area (Å²) in [4.78, 5) is 11.7. The van der Waals surface area contributed by atoms with E-state index < -0.39 is 0 Å². The van der Waals surface area contributed by atoms with E-state index in [-0.39, 0.29) is 12.6 Å². The summed E-state index contributed by atoms with van der Waals surface area (Å²) in [6.45, 7) is 10.7. The molecular weight excluding hydrogens is 372 g/mol. The zero-order valence-electron chi connectivity index (χ0n) is 20.1. The first-order valence-electron chi connectivity index (χ1n) is 12.8. The smallest absolute Gasteiger partial charge is 0.335 e. The molecule has 0 atom stereocenters. The van der Waals surface area contributed by atoms with E-state index in [2.05, 4.69) is 20.1 Å². The minimum absolute atomic E-state index is 0.212. The fourth-order valence-corrected chi connectivity index (χ4v) is 3.60. The van der Waals surface area contributed by atoms with E-state index in [4.69, 9.17) is 9.47 Å². The van der Waals surface area contributed by atoms with Crippen LogP contribution < -0.4 is 0 Å². The lowest BCUT2D eigenvalue weighted by Crippen LogP contribution is -2.12. The molecule has 0 aliphatic carbocycles. The fourth-order valence-electron chi connectivity index (χ4n) is 3.60. The third kappa shape index (κ3) is 21.6. The van der Waals surface area contributed by atoms with Crippen molar-refractivity contribution in [2.45, 2.75) is 122 Å². The fraction of sp³-hybridized carbons (Fsp3) is 0.815. The van der Waals surface area contributed by atoms with Crippen LogP contribution in [0.25, 0.3) is 0 Å². The molecule has 30 heavy (non-hydrogen) atoms. The van der Waals surface area contributed by atoms with Crippen LogP contribution in [0.4, 0.5) is 0 Å². The third-order valence-corrected chi connectivity index (χ3v) is 5.53. The maximum atomic E-state index is 11.7. The van der Waals surface area contributed by atoms with Crippen molar-refractivity contribution in [3.05, 3.63) is 24.8 Å². The highest BCUT2D eigenvalue weighted by molar-refractivity contribution is 5.87. The topological polar surface area (TPSA) is 35.5 Å². The van der Waals surface area contributed by atoms with Gasteiger partial charge >= 0.3 is 5.97 Å². The van der Waals surface area contributed by atoms with Gasteiger partial charge in [-0.1, -0.05) is 129 Å². The number of carbonyl (C=O) groups is 1. The highest BCUT2D eigenvalue weighted by atomic mass is 16.5. The molecule has 0 aliphatic heterocycles. The molecule has 0 radical (unpaired) electrons. The molecule has 0 saturated carbocycles. The van der Waals surface area contributed by atoms with Crippen LogP contribution >= 0.6 is 0 Å². The lowest BCUT2D eigenvalue weighted by Gasteiger charge is -2.07. The van der Waals surface area contributed by atoms with Gasteiger partial charge in [0.15, 0.2) is 0 Å². The van der Waals surface area contributed by atoms with Gasteiger partial charge in [0.05, 0.1) is 25.4 Å². The molecule has 0 rings (SSSR count). The third-order valence-electron chi connectivity index (χ3n) is 5.53. The molecule has 0 unspecified atom stereocenters. The minimum Gasteiger partial charge on any atom is -0.462 e. The van der Waals surface area contributed by atoms with Gasteiger partial charge in [-0.15, -0.1) is 6.58 Å². The number of rotatable bonds is 24. The first kappa shape index (κ1) is 28.9. The molecule has 0 N–H and O–H groups in total. The summed E-state index contributed by atoms with van der Waals surface area (Å²) in [6, 6.07) is 0. The van der Waals surface area contributed by atoms with Crippen molar-refractivity contribution in [3.8, 4) is 0 Å². The standard InChI is InChI=1S/C27H50O3/c1-4-6-7-8-9-10-11-12-13-14-15-16-17-18-19-20-21-22-24-30-27(28)26(3)25-29-23-5-2/h5H,2-4,6-25H2,1H3. The first-order valence-corrected chi connectivity index (χ1v) is 12.8. The number of esters is 1. The molecule has 0 heterocycles. The second-order valence-electron chi connectivity index (χ2n) is 8.55. The van der Waals surface area contributed by atoms with Crippen LogP contribution in [0.15, 0.2) is 24.8 Å². The molecule has 0 saturated heterocycles. The maximum Gasteiger partial charge on any atom is 0.335 e. The largest absolute Gasteiger partial charge is 0.462 e. The van der Waals surface area contributed by atoms with E-state index >= 15 is 0 Å². The Kier molecular flexibility index (Phi) is 23.3. The second-order valence-corrected chi connectivity index (χ2v) is 8.55. The summed E-state index contributed by atoms with van der Waals surface area (Å²) >= 11 is 0. The summed E-state index contributed by atoms with van der Waals surface area (Å²) in [7, 11) is 0. The van der Waals surface area contributed by atoms with Crippen molar-refractivity contribution in [3.63, 3.8) is 0 Å². The zero-order chi connectivity index (χ0) is 22.1. The van der Waals surface area contributed by atoms with Crippen LogP contribution in [0.1, 0.15) is 122 Å². The highest BCUT2D eigenvalue weighted by Crippen LogP contribution is 2.14. The summed E-state index contributed by atoms with van der Waals surface area (Å²) < 4.78 is 10.4. The van der Waals surface area contributed by atoms with Gasteiger partial charge in [-0.05, 0) is 6.42 Å². The zero-order valence-corrected chi connectivity index (χ0v) is 20.1. The Labute approximate surface area is 187 Å². The van der Waals surface area contributed by atoms with Crippen molar-refractivity contribution in [1.82, 2.24) is 0 Å². The van der Waals surface area contributed by atoms with Crippen LogP contribution in [0.2, 0.25) is 0 Å². The number of unbranched alkanes of at least 4 members (excludes halogenated alkanes) is 17. The molecule has 0 fully saturated rings. The molecule has 0 aromatic rings. The van der Waals surface area contributed by atoms with E-state index in [1.807, 2.05) is 0 Å². The van der Waals surface area contributed by atoms with Gasteiger partial charge in [-0.2, -0.15) is 0 Å². The van der Waals surface area contributed by atoms with Gasteiger partial charge in [0.2, 0.25) is 0 Å². The van der Waals surface area contributed by atoms with Gasteiger partial charge in [0, 0.05) is 0 Å². The lowest BCUT2D eigenvalue weighted by molar-refractivity contribution is -0.139. The average Bonchev–Trinajstić information content (AvgIpc) is 2.75. The molecule has 0 aliphatic rings. The Morgan fingerprint density at radius 1 is 0.700 bits per heavy atom. The van der Waals surface area contributed by atoms with E-state index in [1.54, 1.807) is 6.08 Å². The molecule has 0 spiro atoms.